The summed E-state index contributed by atoms with van der Waals surface area (Å²) in [5, 5.41) is 3.93. The summed E-state index contributed by atoms with van der Waals surface area (Å²) in [6.07, 6.45) is 0. The Labute approximate surface area is 120 Å². The number of rotatable bonds is 2. The maximum Gasteiger partial charge on any atom is 0.177 e. The number of para-hydroxylation sites is 1. The molecule has 0 spiro atoms. The van der Waals surface area contributed by atoms with Crippen LogP contribution in [0.1, 0.15) is 11.1 Å². The first-order valence-electron chi connectivity index (χ1n) is 6.25. The Kier molecular flexibility index (Phi) is 4.17. The molecule has 0 bridgehead atoms. The van der Waals surface area contributed by atoms with E-state index in [0.717, 1.165) is 11.4 Å². The molecule has 2 nitrogen and oxygen atoms in total. The van der Waals surface area contributed by atoms with Gasteiger partial charge in [0, 0.05) is 18.4 Å². The molecule has 2 aromatic rings. The van der Waals surface area contributed by atoms with E-state index in [4.69, 9.17) is 12.2 Å². The molecule has 0 aliphatic rings. The van der Waals surface area contributed by atoms with Crippen LogP contribution in [0.15, 0.2) is 48.5 Å². The summed E-state index contributed by atoms with van der Waals surface area (Å²) in [5.41, 5.74) is 4.61. The zero-order valence-corrected chi connectivity index (χ0v) is 12.3. The van der Waals surface area contributed by atoms with Crippen LogP contribution in [0.2, 0.25) is 0 Å². The van der Waals surface area contributed by atoms with Gasteiger partial charge in [-0.25, -0.2) is 0 Å². The molecule has 3 heteroatoms. The highest BCUT2D eigenvalue weighted by Gasteiger charge is 2.09. The zero-order valence-electron chi connectivity index (χ0n) is 11.5. The summed E-state index contributed by atoms with van der Waals surface area (Å²) >= 11 is 5.45. The highest BCUT2D eigenvalue weighted by atomic mass is 32.1. The molecule has 0 radical (unpaired) electrons. The number of benzene rings is 2. The Balaban J connectivity index is 2.15. The molecule has 0 aromatic heterocycles. The number of anilines is 2. The van der Waals surface area contributed by atoms with E-state index in [1.807, 2.05) is 42.3 Å². The zero-order chi connectivity index (χ0) is 13.8. The Morgan fingerprint density at radius 3 is 2.37 bits per heavy atom. The fourth-order valence-corrected chi connectivity index (χ4v) is 2.24. The van der Waals surface area contributed by atoms with Crippen molar-refractivity contribution in [2.45, 2.75) is 13.8 Å². The smallest absolute Gasteiger partial charge is 0.177 e. The quantitative estimate of drug-likeness (QED) is 0.826. The lowest BCUT2D eigenvalue weighted by Crippen LogP contribution is -2.31. The molecule has 0 heterocycles. The second-order valence-electron chi connectivity index (χ2n) is 4.65. The lowest BCUT2D eigenvalue weighted by Gasteiger charge is -2.23. The lowest BCUT2D eigenvalue weighted by molar-refractivity contribution is 1.23. The fourth-order valence-electron chi connectivity index (χ4n) is 2.02. The van der Waals surface area contributed by atoms with Gasteiger partial charge in [-0.3, -0.25) is 0 Å². The summed E-state index contributed by atoms with van der Waals surface area (Å²) in [6.45, 7) is 4.20. The van der Waals surface area contributed by atoms with E-state index in [0.29, 0.717) is 5.11 Å². The van der Waals surface area contributed by atoms with E-state index < -0.39 is 0 Å². The maximum atomic E-state index is 5.45. The molecule has 19 heavy (non-hydrogen) atoms. The van der Waals surface area contributed by atoms with E-state index in [-0.39, 0.29) is 0 Å². The van der Waals surface area contributed by atoms with Gasteiger partial charge >= 0.3 is 0 Å². The summed E-state index contributed by atoms with van der Waals surface area (Å²) in [5.74, 6) is 0. The van der Waals surface area contributed by atoms with Crippen LogP contribution in [0.25, 0.3) is 0 Å². The number of thiocarbonyl (C=S) groups is 1. The predicted octanol–water partition coefficient (Wildman–Crippen LogP) is 4.14. The number of aryl methyl sites for hydroxylation is 2. The average Bonchev–Trinajstić information content (AvgIpc) is 2.39. The van der Waals surface area contributed by atoms with E-state index >= 15 is 0 Å². The Hall–Kier alpha value is -1.87. The molecule has 1 N–H and O–H groups in total. The van der Waals surface area contributed by atoms with Gasteiger partial charge in [0.15, 0.2) is 5.11 Å². The van der Waals surface area contributed by atoms with Gasteiger partial charge in [-0.1, -0.05) is 35.9 Å². The topological polar surface area (TPSA) is 15.3 Å². The molecular weight excluding hydrogens is 252 g/mol. The summed E-state index contributed by atoms with van der Waals surface area (Å²) < 4.78 is 0. The van der Waals surface area contributed by atoms with Crippen LogP contribution < -0.4 is 10.2 Å². The first-order chi connectivity index (χ1) is 9.08. The van der Waals surface area contributed by atoms with Gasteiger partial charge in [-0.05, 0) is 49.8 Å². The van der Waals surface area contributed by atoms with Gasteiger partial charge in [-0.2, -0.15) is 0 Å². The molecule has 0 saturated heterocycles. The van der Waals surface area contributed by atoms with Crippen LogP contribution in [-0.2, 0) is 0 Å². The van der Waals surface area contributed by atoms with Crippen molar-refractivity contribution in [1.29, 1.82) is 0 Å². The number of hydrogen-bond acceptors (Lipinski definition) is 1. The van der Waals surface area contributed by atoms with Crippen LogP contribution in [-0.4, -0.2) is 12.2 Å². The monoisotopic (exact) mass is 270 g/mol. The molecule has 0 aliphatic heterocycles. The lowest BCUT2D eigenvalue weighted by atomic mass is 10.1. The third-order valence-corrected chi connectivity index (χ3v) is 3.42. The maximum absolute atomic E-state index is 5.45. The Morgan fingerprint density at radius 2 is 1.74 bits per heavy atom. The fraction of sp³-hybridized carbons (Fsp3) is 0.188. The van der Waals surface area contributed by atoms with Crippen molar-refractivity contribution >= 4 is 28.7 Å². The highest BCUT2D eigenvalue weighted by Crippen LogP contribution is 2.21. The minimum atomic E-state index is 0.693. The third kappa shape index (κ3) is 3.32. The molecule has 2 aromatic carbocycles. The van der Waals surface area contributed by atoms with Crippen molar-refractivity contribution in [1.82, 2.24) is 0 Å². The minimum Gasteiger partial charge on any atom is -0.332 e. The average molecular weight is 270 g/mol. The predicted molar refractivity (Wildman–Crippen MR) is 87.0 cm³/mol. The highest BCUT2D eigenvalue weighted by molar-refractivity contribution is 7.80. The summed E-state index contributed by atoms with van der Waals surface area (Å²) in [6, 6.07) is 16.3. The molecule has 2 rings (SSSR count). The van der Waals surface area contributed by atoms with E-state index in [1.54, 1.807) is 0 Å². The van der Waals surface area contributed by atoms with Crippen LogP contribution in [0.5, 0.6) is 0 Å². The van der Waals surface area contributed by atoms with Crippen LogP contribution >= 0.6 is 12.2 Å². The van der Waals surface area contributed by atoms with Crippen molar-refractivity contribution in [2.24, 2.45) is 0 Å². The van der Waals surface area contributed by atoms with Crippen molar-refractivity contribution in [2.75, 3.05) is 17.3 Å². The van der Waals surface area contributed by atoms with Gasteiger partial charge in [0.05, 0.1) is 0 Å². The second kappa shape index (κ2) is 5.85. The molecule has 0 fully saturated rings. The van der Waals surface area contributed by atoms with Gasteiger partial charge < -0.3 is 10.2 Å². The Bertz CT molecular complexity index is 579. The van der Waals surface area contributed by atoms with Gasteiger partial charge in [0.25, 0.3) is 0 Å². The molecule has 0 saturated carbocycles. The van der Waals surface area contributed by atoms with Crippen LogP contribution in [0.4, 0.5) is 11.4 Å². The van der Waals surface area contributed by atoms with Crippen molar-refractivity contribution in [3.63, 3.8) is 0 Å². The molecule has 98 valence electrons. The van der Waals surface area contributed by atoms with Crippen LogP contribution in [0.3, 0.4) is 0 Å². The number of hydrogen-bond donors (Lipinski definition) is 1. The molecular formula is C16H18N2S. The van der Waals surface area contributed by atoms with Gasteiger partial charge in [0.2, 0.25) is 0 Å². The van der Waals surface area contributed by atoms with Crippen molar-refractivity contribution < 1.29 is 0 Å². The van der Waals surface area contributed by atoms with E-state index in [1.165, 1.54) is 11.1 Å². The van der Waals surface area contributed by atoms with Gasteiger partial charge in [-0.15, -0.1) is 0 Å². The normalized spacial score (nSPS) is 10.1. The molecule has 0 amide bonds. The SMILES string of the molecule is Cc1ccc(N(C)C(=S)Nc2ccccc2)c(C)c1. The minimum absolute atomic E-state index is 0.693. The van der Waals surface area contributed by atoms with E-state index in [2.05, 4.69) is 37.4 Å². The molecule has 0 atom stereocenters. The van der Waals surface area contributed by atoms with Crippen LogP contribution in [0, 0.1) is 13.8 Å². The number of nitrogens with one attached hydrogen (secondary N) is 1. The Morgan fingerprint density at radius 1 is 1.05 bits per heavy atom. The molecule has 0 unspecified atom stereocenters. The van der Waals surface area contributed by atoms with Gasteiger partial charge in [0.1, 0.15) is 0 Å². The first-order valence-corrected chi connectivity index (χ1v) is 6.66. The summed E-state index contributed by atoms with van der Waals surface area (Å²) in [7, 11) is 1.98. The van der Waals surface area contributed by atoms with Crippen molar-refractivity contribution in [3.8, 4) is 0 Å². The molecule has 0 aliphatic carbocycles. The number of nitrogens with zero attached hydrogens (tertiary/aromatic N) is 1. The van der Waals surface area contributed by atoms with E-state index in [9.17, 15) is 0 Å². The largest absolute Gasteiger partial charge is 0.332 e. The standard InChI is InChI=1S/C16H18N2S/c1-12-9-10-15(13(2)11-12)18(3)16(19)17-14-7-5-4-6-8-14/h4-11H,1-3H3,(H,17,19). The third-order valence-electron chi connectivity index (χ3n) is 3.04. The first kappa shape index (κ1) is 13.6. The van der Waals surface area contributed by atoms with Crippen molar-refractivity contribution in [3.05, 3.63) is 59.7 Å². The second-order valence-corrected chi connectivity index (χ2v) is 5.03. The summed E-state index contributed by atoms with van der Waals surface area (Å²) in [4.78, 5) is 2.00.